The van der Waals surface area contributed by atoms with Crippen molar-refractivity contribution in [3.8, 4) is 0 Å². The minimum absolute atomic E-state index is 0.123. The Morgan fingerprint density at radius 1 is 0.514 bits per heavy atom. The van der Waals surface area contributed by atoms with Gasteiger partial charge in [-0.2, -0.15) is 0 Å². The zero-order valence-electron chi connectivity index (χ0n) is 41.7. The normalized spacial score (nSPS) is 57.8. The van der Waals surface area contributed by atoms with E-state index in [-0.39, 0.29) is 23.0 Å². The van der Waals surface area contributed by atoms with Crippen LogP contribution in [0.4, 0.5) is 0 Å². The van der Waals surface area contributed by atoms with Gasteiger partial charge >= 0.3 is 0 Å². The number of ether oxygens (including phenoxy) is 10. The molecule has 1 spiro atoms. The van der Waals surface area contributed by atoms with Gasteiger partial charge in [-0.25, -0.2) is 0 Å². The van der Waals surface area contributed by atoms with Crippen LogP contribution in [-0.4, -0.2) is 229 Å². The van der Waals surface area contributed by atoms with Crippen molar-refractivity contribution < 1.29 is 109 Å². The first-order chi connectivity index (χ1) is 34.3. The van der Waals surface area contributed by atoms with E-state index in [9.17, 15) is 61.3 Å². The van der Waals surface area contributed by atoms with E-state index in [4.69, 9.17) is 47.4 Å². The summed E-state index contributed by atoms with van der Waals surface area (Å²) < 4.78 is 60.0. The lowest BCUT2D eigenvalue weighted by atomic mass is 9.44. The van der Waals surface area contributed by atoms with Gasteiger partial charge < -0.3 is 109 Å². The third-order valence-electron chi connectivity index (χ3n) is 20.0. The van der Waals surface area contributed by atoms with E-state index in [0.29, 0.717) is 41.4 Å². The first-order valence-electron chi connectivity index (χ1n) is 26.7. The zero-order chi connectivity index (χ0) is 51.3. The molecule has 10 aliphatic rings. The van der Waals surface area contributed by atoms with E-state index in [1.807, 2.05) is 0 Å². The Kier molecular flexibility index (Phi) is 15.9. The lowest BCUT2D eigenvalue weighted by Crippen LogP contribution is -2.66. The summed E-state index contributed by atoms with van der Waals surface area (Å²) in [5.74, 6) is 3.22. The highest BCUT2D eigenvalue weighted by atomic mass is 16.8. The average Bonchev–Trinajstić information content (AvgIpc) is 3.82. The Balaban J connectivity index is 0.730. The standard InChI is InChI=1S/C50H82O22/c1-20-7-12-50(64-18-20)21(2)32-28(72-50)14-26-24-6-5-22-13-23(8-10-48(22,3)25(24)9-11-49(26,32)4)65-45-38(60)35(57)43(31(17-53)67-45)71-47-39(61)36(58)42(30(16-52)68-47)70-44-40(62)41(27(54)19-63-44)69-46-37(59)34(56)33(55)29(15-51)66-46/h20-47,51-62H,5-19H2,1-4H3/t20-,21-,22+,23-,24-,25+,26+,27+,28-,29+,30+,31+,32-,33+,34-,35+,36+,37+,38+,39+,40+,41-,42+,43+,44-,45+,46-,47-,48-,49-,50-/m1/s1. The van der Waals surface area contributed by atoms with E-state index in [1.165, 1.54) is 12.8 Å². The van der Waals surface area contributed by atoms with E-state index < -0.39 is 149 Å². The highest BCUT2D eigenvalue weighted by Crippen LogP contribution is 2.71. The maximum absolute atomic E-state index is 11.5. The van der Waals surface area contributed by atoms with E-state index in [2.05, 4.69) is 27.7 Å². The van der Waals surface area contributed by atoms with Crippen LogP contribution >= 0.6 is 0 Å². The smallest absolute Gasteiger partial charge is 0.187 e. The maximum Gasteiger partial charge on any atom is 0.187 e. The van der Waals surface area contributed by atoms with Crippen molar-refractivity contribution in [3.05, 3.63) is 0 Å². The minimum Gasteiger partial charge on any atom is -0.394 e. The van der Waals surface area contributed by atoms with Gasteiger partial charge in [-0.3, -0.25) is 0 Å². The van der Waals surface area contributed by atoms with Gasteiger partial charge in [0.2, 0.25) is 0 Å². The summed E-state index contributed by atoms with van der Waals surface area (Å²) in [7, 11) is 0. The molecule has 72 heavy (non-hydrogen) atoms. The second-order valence-corrected chi connectivity index (χ2v) is 23.9. The van der Waals surface area contributed by atoms with Crippen molar-refractivity contribution in [3.63, 3.8) is 0 Å². The van der Waals surface area contributed by atoms with Crippen molar-refractivity contribution in [2.75, 3.05) is 33.0 Å². The summed E-state index contributed by atoms with van der Waals surface area (Å²) >= 11 is 0. The Bertz CT molecular complexity index is 1820. The Morgan fingerprint density at radius 3 is 1.72 bits per heavy atom. The van der Waals surface area contributed by atoms with Crippen molar-refractivity contribution in [2.24, 2.45) is 52.3 Å². The molecule has 0 aromatic rings. The number of aliphatic hydroxyl groups is 12. The molecule has 0 radical (unpaired) electrons. The first-order valence-corrected chi connectivity index (χ1v) is 26.7. The van der Waals surface area contributed by atoms with Crippen LogP contribution < -0.4 is 0 Å². The van der Waals surface area contributed by atoms with Crippen LogP contribution in [0.5, 0.6) is 0 Å². The Labute approximate surface area is 419 Å². The molecule has 22 heteroatoms. The average molecular weight is 1040 g/mol. The van der Waals surface area contributed by atoms with Crippen LogP contribution in [0.1, 0.15) is 91.9 Å². The Morgan fingerprint density at radius 2 is 1.10 bits per heavy atom. The fourth-order valence-corrected chi connectivity index (χ4v) is 15.9. The molecule has 0 amide bonds. The second-order valence-electron chi connectivity index (χ2n) is 23.9. The first kappa shape index (κ1) is 54.5. The third-order valence-corrected chi connectivity index (χ3v) is 20.0. The summed E-state index contributed by atoms with van der Waals surface area (Å²) in [6.45, 7) is 7.60. The lowest BCUT2D eigenvalue weighted by Gasteiger charge is -2.61. The predicted octanol–water partition coefficient (Wildman–Crippen LogP) is -2.27. The highest BCUT2D eigenvalue weighted by Gasteiger charge is 2.69. The lowest BCUT2D eigenvalue weighted by molar-refractivity contribution is -0.383. The van der Waals surface area contributed by atoms with Crippen LogP contribution in [0.2, 0.25) is 0 Å². The van der Waals surface area contributed by atoms with Gasteiger partial charge in [0.05, 0.1) is 45.2 Å². The van der Waals surface area contributed by atoms with Crippen molar-refractivity contribution in [1.82, 2.24) is 0 Å². The molecule has 0 unspecified atom stereocenters. The van der Waals surface area contributed by atoms with E-state index in [0.717, 1.165) is 58.0 Å². The second kappa shape index (κ2) is 21.1. The van der Waals surface area contributed by atoms with Crippen molar-refractivity contribution in [1.29, 1.82) is 0 Å². The third kappa shape index (κ3) is 9.26. The molecule has 4 aliphatic carbocycles. The summed E-state index contributed by atoms with van der Waals surface area (Å²) in [5.41, 5.74) is 0.342. The molecule has 10 rings (SSSR count). The molecular weight excluding hydrogens is 953 g/mol. The van der Waals surface area contributed by atoms with Crippen LogP contribution in [0.3, 0.4) is 0 Å². The van der Waals surface area contributed by atoms with Crippen LogP contribution in [0.25, 0.3) is 0 Å². The molecule has 12 N–H and O–H groups in total. The molecule has 4 saturated carbocycles. The monoisotopic (exact) mass is 1030 g/mol. The van der Waals surface area contributed by atoms with Gasteiger partial charge in [-0.1, -0.05) is 27.7 Å². The topological polar surface area (TPSA) is 335 Å². The molecule has 31 atom stereocenters. The van der Waals surface area contributed by atoms with Crippen molar-refractivity contribution in [2.45, 2.75) is 227 Å². The van der Waals surface area contributed by atoms with Gasteiger partial charge in [0.15, 0.2) is 30.9 Å². The van der Waals surface area contributed by atoms with Crippen LogP contribution in [-0.2, 0) is 47.4 Å². The van der Waals surface area contributed by atoms with Crippen LogP contribution in [0, 0.1) is 52.3 Å². The van der Waals surface area contributed by atoms with Gasteiger partial charge in [0.1, 0.15) is 91.6 Å². The SMILES string of the molecule is C[C@@H]1CC[C@@]2(OC1)O[C@@H]1C[C@H]3[C@@H]4CC[C@H]5C[C@H](O[C@H]6O[C@@H](CO)[C@H](O[C@H]7O[C@@H](CO)[C@H](O[C@H]8OC[C@H](O)[C@@H](O[C@H]9O[C@@H](CO)[C@H](O)[C@@H](O)[C@@H]9O)[C@@H]8O)[C@@H](O)[C@@H]7O)[C@@H](O)[C@@H]6O)CC[C@@]5(C)[C@H]4CC[C@@]3(C)[C@@H]1[C@H]2C. The molecule has 6 heterocycles. The van der Waals surface area contributed by atoms with Gasteiger partial charge in [-0.15, -0.1) is 0 Å². The Hall–Kier alpha value is -0.880. The number of fused-ring (bicyclic) bond motifs is 7. The van der Waals surface area contributed by atoms with Crippen molar-refractivity contribution >= 4 is 0 Å². The summed E-state index contributed by atoms with van der Waals surface area (Å²) in [6, 6.07) is 0. The molecule has 0 bridgehead atoms. The summed E-state index contributed by atoms with van der Waals surface area (Å²) in [5, 5.41) is 129. The fraction of sp³-hybridized carbons (Fsp3) is 1.00. The molecule has 0 aromatic carbocycles. The van der Waals surface area contributed by atoms with Gasteiger partial charge in [0.25, 0.3) is 0 Å². The molecule has 6 aliphatic heterocycles. The fourth-order valence-electron chi connectivity index (χ4n) is 15.9. The molecular formula is C50H82O22. The largest absolute Gasteiger partial charge is 0.394 e. The number of hydrogen-bond acceptors (Lipinski definition) is 22. The number of hydrogen-bond donors (Lipinski definition) is 12. The summed E-state index contributed by atoms with van der Waals surface area (Å²) in [4.78, 5) is 0. The minimum atomic E-state index is -1.95. The van der Waals surface area contributed by atoms with Gasteiger partial charge in [-0.05, 0) is 104 Å². The zero-order valence-corrected chi connectivity index (χ0v) is 41.7. The van der Waals surface area contributed by atoms with E-state index in [1.54, 1.807) is 0 Å². The van der Waals surface area contributed by atoms with Gasteiger partial charge in [0, 0.05) is 12.3 Å². The summed E-state index contributed by atoms with van der Waals surface area (Å²) in [6.07, 6.45) is -21.3. The molecule has 22 nitrogen and oxygen atoms in total. The highest BCUT2D eigenvalue weighted by molar-refractivity contribution is 5.15. The number of aliphatic hydroxyl groups excluding tert-OH is 12. The molecule has 10 fully saturated rings. The number of rotatable bonds is 11. The maximum atomic E-state index is 11.5. The quantitative estimate of drug-likeness (QED) is 0.0971. The molecule has 0 aromatic heterocycles. The van der Waals surface area contributed by atoms with Crippen LogP contribution in [0.15, 0.2) is 0 Å². The molecule has 6 saturated heterocycles. The van der Waals surface area contributed by atoms with E-state index >= 15 is 0 Å². The predicted molar refractivity (Wildman–Crippen MR) is 242 cm³/mol. The molecule has 414 valence electrons.